The van der Waals surface area contributed by atoms with Crippen LogP contribution in [0.4, 0.5) is 5.69 Å². The molecule has 0 aliphatic rings. The number of anilines is 1. The molecule has 0 saturated carbocycles. The van der Waals surface area contributed by atoms with E-state index in [1.54, 1.807) is 43.3 Å². The Bertz CT molecular complexity index is 1470. The van der Waals surface area contributed by atoms with Gasteiger partial charge in [-0.1, -0.05) is 72.9 Å². The third kappa shape index (κ3) is 8.07. The maximum Gasteiger partial charge on any atom is 0.264 e. The van der Waals surface area contributed by atoms with E-state index in [0.29, 0.717) is 40.7 Å². The summed E-state index contributed by atoms with van der Waals surface area (Å²) in [6.07, 6.45) is 1.01. The first-order valence-corrected chi connectivity index (χ1v) is 15.5. The molecule has 0 aromatic heterocycles. The normalized spacial score (nSPS) is 12.0. The van der Waals surface area contributed by atoms with Crippen LogP contribution >= 0.6 is 34.8 Å². The first-order chi connectivity index (χ1) is 19.5. The van der Waals surface area contributed by atoms with Crippen molar-refractivity contribution >= 4 is 62.3 Å². The van der Waals surface area contributed by atoms with Crippen molar-refractivity contribution in [1.29, 1.82) is 0 Å². The maximum atomic E-state index is 14.1. The Balaban J connectivity index is 2.09. The van der Waals surface area contributed by atoms with Crippen LogP contribution in [0.15, 0.2) is 71.6 Å². The Hall–Kier alpha value is -2.98. The van der Waals surface area contributed by atoms with Crippen LogP contribution < -0.4 is 14.4 Å². The second kappa shape index (κ2) is 14.8. The Morgan fingerprint density at radius 1 is 0.927 bits per heavy atom. The number of halogens is 3. The summed E-state index contributed by atoms with van der Waals surface area (Å²) in [5.74, 6) is -0.590. The summed E-state index contributed by atoms with van der Waals surface area (Å²) in [4.78, 5) is 28.6. The first-order valence-electron chi connectivity index (χ1n) is 13.0. The third-order valence-electron chi connectivity index (χ3n) is 6.31. The second-order valence-electron chi connectivity index (χ2n) is 9.13. The van der Waals surface area contributed by atoms with Gasteiger partial charge in [0.05, 0.1) is 32.8 Å². The Morgan fingerprint density at radius 2 is 1.63 bits per heavy atom. The van der Waals surface area contributed by atoms with Crippen molar-refractivity contribution < 1.29 is 22.7 Å². The van der Waals surface area contributed by atoms with Gasteiger partial charge in [0.15, 0.2) is 0 Å². The minimum absolute atomic E-state index is 0.00360. The lowest BCUT2D eigenvalue weighted by atomic mass is 10.1. The van der Waals surface area contributed by atoms with Crippen LogP contribution in [0, 0.1) is 0 Å². The van der Waals surface area contributed by atoms with Crippen LogP contribution in [0.2, 0.25) is 15.1 Å². The lowest BCUT2D eigenvalue weighted by Gasteiger charge is -2.33. The maximum absolute atomic E-state index is 14.1. The predicted octanol–water partition coefficient (Wildman–Crippen LogP) is 6.18. The molecule has 1 unspecified atom stereocenters. The van der Waals surface area contributed by atoms with Gasteiger partial charge in [0, 0.05) is 13.1 Å². The highest BCUT2D eigenvalue weighted by Crippen LogP contribution is 2.32. The molecule has 0 aliphatic heterocycles. The van der Waals surface area contributed by atoms with E-state index < -0.39 is 28.5 Å². The number of ether oxygens (including phenoxy) is 1. The molecular weight excluding hydrogens is 609 g/mol. The fourth-order valence-electron chi connectivity index (χ4n) is 4.18. The fourth-order valence-corrected chi connectivity index (χ4v) is 6.18. The monoisotopic (exact) mass is 639 g/mol. The van der Waals surface area contributed by atoms with Crippen LogP contribution in [-0.2, 0) is 26.2 Å². The molecule has 0 radical (unpaired) electrons. The number of hydrogen-bond acceptors (Lipinski definition) is 5. The lowest BCUT2D eigenvalue weighted by molar-refractivity contribution is -0.140. The molecule has 0 bridgehead atoms. The van der Waals surface area contributed by atoms with Crippen molar-refractivity contribution in [3.05, 3.63) is 87.4 Å². The SMILES string of the molecule is CCCNC(=O)C(CC)N(Cc1ccc(Cl)c(Cl)c1)C(=O)CN(c1ccc(OC)c(Cl)c1)S(=O)(=O)c1ccccc1. The number of carbonyl (C=O) groups is 2. The number of methoxy groups -OCH3 is 1. The largest absolute Gasteiger partial charge is 0.495 e. The molecule has 41 heavy (non-hydrogen) atoms. The Labute approximate surface area is 256 Å². The predicted molar refractivity (Wildman–Crippen MR) is 163 cm³/mol. The van der Waals surface area contributed by atoms with E-state index in [-0.39, 0.29) is 28.1 Å². The second-order valence-corrected chi connectivity index (χ2v) is 12.2. The summed E-state index contributed by atoms with van der Waals surface area (Å²) in [5, 5.41) is 3.65. The van der Waals surface area contributed by atoms with Gasteiger partial charge in [-0.2, -0.15) is 0 Å². The quantitative estimate of drug-likeness (QED) is 0.241. The highest BCUT2D eigenvalue weighted by Gasteiger charge is 2.34. The van der Waals surface area contributed by atoms with Gasteiger partial charge < -0.3 is 15.0 Å². The molecule has 1 atom stereocenters. The number of benzene rings is 3. The van der Waals surface area contributed by atoms with E-state index >= 15 is 0 Å². The molecule has 12 heteroatoms. The molecule has 0 fully saturated rings. The molecule has 0 heterocycles. The van der Waals surface area contributed by atoms with Crippen LogP contribution in [0.5, 0.6) is 5.75 Å². The highest BCUT2D eigenvalue weighted by atomic mass is 35.5. The number of rotatable bonds is 13. The van der Waals surface area contributed by atoms with Crippen molar-refractivity contribution in [2.24, 2.45) is 0 Å². The molecule has 8 nitrogen and oxygen atoms in total. The smallest absolute Gasteiger partial charge is 0.264 e. The summed E-state index contributed by atoms with van der Waals surface area (Å²) in [7, 11) is -2.78. The number of amides is 2. The lowest BCUT2D eigenvalue weighted by Crippen LogP contribution is -2.52. The van der Waals surface area contributed by atoms with E-state index in [1.807, 2.05) is 6.92 Å². The molecule has 3 rings (SSSR count). The van der Waals surface area contributed by atoms with E-state index in [9.17, 15) is 18.0 Å². The van der Waals surface area contributed by atoms with Crippen molar-refractivity contribution in [3.63, 3.8) is 0 Å². The van der Waals surface area contributed by atoms with Gasteiger partial charge >= 0.3 is 0 Å². The van der Waals surface area contributed by atoms with Gasteiger partial charge in [-0.25, -0.2) is 8.42 Å². The summed E-state index contributed by atoms with van der Waals surface area (Å²) in [5.41, 5.74) is 0.783. The molecule has 3 aromatic carbocycles. The standard InChI is InChI=1S/C29H32Cl3N3O5S/c1-4-15-33-29(37)26(5-2)34(18-20-11-13-23(30)24(31)16-20)28(36)19-35(21-12-14-27(40-3)25(32)17-21)41(38,39)22-9-7-6-8-10-22/h6-14,16-17,26H,4-5,15,18-19H2,1-3H3,(H,33,37). The fraction of sp³-hybridized carbons (Fsp3) is 0.310. The van der Waals surface area contributed by atoms with Crippen molar-refractivity contribution in [3.8, 4) is 5.75 Å². The Morgan fingerprint density at radius 3 is 2.22 bits per heavy atom. The van der Waals surface area contributed by atoms with Gasteiger partial charge in [-0.3, -0.25) is 13.9 Å². The number of carbonyl (C=O) groups excluding carboxylic acids is 2. The van der Waals surface area contributed by atoms with Crippen LogP contribution in [0.3, 0.4) is 0 Å². The first kappa shape index (κ1) is 32.5. The summed E-state index contributed by atoms with van der Waals surface area (Å²) in [6.45, 7) is 3.54. The van der Waals surface area contributed by atoms with E-state index in [4.69, 9.17) is 39.5 Å². The van der Waals surface area contributed by atoms with Gasteiger partial charge in [0.2, 0.25) is 11.8 Å². The zero-order valence-electron chi connectivity index (χ0n) is 22.9. The van der Waals surface area contributed by atoms with Crippen LogP contribution in [-0.4, -0.2) is 51.4 Å². The topological polar surface area (TPSA) is 96.0 Å². The summed E-state index contributed by atoms with van der Waals surface area (Å²) in [6, 6.07) is 16.3. The molecule has 220 valence electrons. The summed E-state index contributed by atoms with van der Waals surface area (Å²) >= 11 is 18.7. The average Bonchev–Trinajstić information content (AvgIpc) is 2.96. The van der Waals surface area contributed by atoms with E-state index in [0.717, 1.165) is 4.31 Å². The van der Waals surface area contributed by atoms with Crippen molar-refractivity contribution in [2.75, 3.05) is 24.5 Å². The van der Waals surface area contributed by atoms with E-state index in [2.05, 4.69) is 5.32 Å². The highest BCUT2D eigenvalue weighted by molar-refractivity contribution is 7.92. The van der Waals surface area contributed by atoms with E-state index in [1.165, 1.54) is 42.3 Å². The average molecular weight is 641 g/mol. The molecule has 1 N–H and O–H groups in total. The van der Waals surface area contributed by atoms with Gasteiger partial charge in [0.25, 0.3) is 10.0 Å². The number of sulfonamides is 1. The molecule has 0 saturated heterocycles. The van der Waals surface area contributed by atoms with Crippen LogP contribution in [0.1, 0.15) is 32.3 Å². The van der Waals surface area contributed by atoms with Gasteiger partial charge in [-0.05, 0) is 60.9 Å². The zero-order chi connectivity index (χ0) is 30.2. The van der Waals surface area contributed by atoms with Gasteiger partial charge in [0.1, 0.15) is 18.3 Å². The molecule has 2 amide bonds. The zero-order valence-corrected chi connectivity index (χ0v) is 26.0. The van der Waals surface area contributed by atoms with Crippen LogP contribution in [0.25, 0.3) is 0 Å². The van der Waals surface area contributed by atoms with Gasteiger partial charge in [-0.15, -0.1) is 0 Å². The minimum atomic E-state index is -4.22. The molecule has 0 aliphatic carbocycles. The van der Waals surface area contributed by atoms with Crippen molar-refractivity contribution in [1.82, 2.24) is 10.2 Å². The minimum Gasteiger partial charge on any atom is -0.495 e. The molecule has 0 spiro atoms. The summed E-state index contributed by atoms with van der Waals surface area (Å²) < 4.78 is 34.0. The molecule has 3 aromatic rings. The number of hydrogen-bond donors (Lipinski definition) is 1. The van der Waals surface area contributed by atoms with Crippen molar-refractivity contribution in [2.45, 2.75) is 44.2 Å². The Kier molecular flexibility index (Phi) is 11.7. The molecular formula is C29H32Cl3N3O5S. The third-order valence-corrected chi connectivity index (χ3v) is 9.13. The number of nitrogens with one attached hydrogen (secondary N) is 1. The number of nitrogens with zero attached hydrogens (tertiary/aromatic N) is 2.